The summed E-state index contributed by atoms with van der Waals surface area (Å²) in [7, 11) is 1.99. The van der Waals surface area contributed by atoms with Crippen LogP contribution in [0.4, 0.5) is 0 Å². The highest BCUT2D eigenvalue weighted by Crippen LogP contribution is 2.12. The van der Waals surface area contributed by atoms with Gasteiger partial charge in [-0.1, -0.05) is 30.3 Å². The van der Waals surface area contributed by atoms with Gasteiger partial charge < -0.3 is 9.67 Å². The zero-order valence-corrected chi connectivity index (χ0v) is 8.85. The summed E-state index contributed by atoms with van der Waals surface area (Å²) in [4.78, 5) is 0. The molecule has 1 N–H and O–H groups in total. The van der Waals surface area contributed by atoms with Crippen LogP contribution < -0.4 is 0 Å². The molecule has 2 rings (SSSR count). The molecule has 0 radical (unpaired) electrons. The summed E-state index contributed by atoms with van der Waals surface area (Å²) in [5.74, 6) is 0. The number of hydrogen-bond acceptors (Lipinski definition) is 1. The molecule has 0 amide bonds. The van der Waals surface area contributed by atoms with Crippen molar-refractivity contribution in [1.82, 2.24) is 4.57 Å². The van der Waals surface area contributed by atoms with E-state index in [-0.39, 0.29) is 6.61 Å². The molecule has 0 bridgehead atoms. The van der Waals surface area contributed by atoms with Crippen LogP contribution in [0.3, 0.4) is 0 Å². The maximum atomic E-state index is 9.08. The molecule has 0 aliphatic rings. The van der Waals surface area contributed by atoms with Crippen LogP contribution in [0.1, 0.15) is 17.0 Å². The summed E-state index contributed by atoms with van der Waals surface area (Å²) in [6.07, 6.45) is 0.914. The highest BCUT2D eigenvalue weighted by molar-refractivity contribution is 5.24. The van der Waals surface area contributed by atoms with Gasteiger partial charge in [-0.2, -0.15) is 0 Å². The fraction of sp³-hybridized carbons (Fsp3) is 0.231. The van der Waals surface area contributed by atoms with Crippen molar-refractivity contribution < 1.29 is 5.11 Å². The normalized spacial score (nSPS) is 10.5. The first-order valence-corrected chi connectivity index (χ1v) is 5.09. The van der Waals surface area contributed by atoms with Crippen molar-refractivity contribution in [3.05, 3.63) is 59.4 Å². The fourth-order valence-corrected chi connectivity index (χ4v) is 1.74. The zero-order valence-electron chi connectivity index (χ0n) is 8.85. The van der Waals surface area contributed by atoms with E-state index in [2.05, 4.69) is 18.2 Å². The predicted octanol–water partition coefficient (Wildman–Crippen LogP) is 2.11. The van der Waals surface area contributed by atoms with E-state index in [0.717, 1.165) is 12.1 Å². The van der Waals surface area contributed by atoms with E-state index in [1.165, 1.54) is 11.3 Å². The molecular formula is C13H15NO. The van der Waals surface area contributed by atoms with Crippen LogP contribution in [0, 0.1) is 0 Å². The number of hydrogen-bond donors (Lipinski definition) is 1. The molecule has 0 aliphatic heterocycles. The molecular weight excluding hydrogens is 186 g/mol. The maximum Gasteiger partial charge on any atom is 0.0832 e. The molecule has 1 aromatic carbocycles. The molecule has 0 unspecified atom stereocenters. The van der Waals surface area contributed by atoms with Crippen molar-refractivity contribution >= 4 is 0 Å². The van der Waals surface area contributed by atoms with Gasteiger partial charge in [-0.25, -0.2) is 0 Å². The molecule has 1 aromatic heterocycles. The van der Waals surface area contributed by atoms with E-state index in [1.54, 1.807) is 0 Å². The van der Waals surface area contributed by atoms with Crippen molar-refractivity contribution in [2.75, 3.05) is 0 Å². The lowest BCUT2D eigenvalue weighted by Crippen LogP contribution is -2.01. The minimum atomic E-state index is 0.102. The van der Waals surface area contributed by atoms with Crippen molar-refractivity contribution in [1.29, 1.82) is 0 Å². The van der Waals surface area contributed by atoms with Crippen LogP contribution in [-0.2, 0) is 20.1 Å². The lowest BCUT2D eigenvalue weighted by Gasteiger charge is -2.06. The van der Waals surface area contributed by atoms with Crippen molar-refractivity contribution in [3.8, 4) is 0 Å². The van der Waals surface area contributed by atoms with Gasteiger partial charge in [0.1, 0.15) is 0 Å². The molecule has 0 fully saturated rings. The minimum absolute atomic E-state index is 0.102. The Hall–Kier alpha value is -1.54. The van der Waals surface area contributed by atoms with Gasteiger partial charge in [0.05, 0.1) is 6.61 Å². The molecule has 15 heavy (non-hydrogen) atoms. The first-order chi connectivity index (χ1) is 7.31. The molecule has 0 saturated carbocycles. The SMILES string of the molecule is Cn1c(CO)ccc1Cc1ccccc1. The first kappa shape index (κ1) is 9.99. The van der Waals surface area contributed by atoms with Gasteiger partial charge in [0, 0.05) is 24.9 Å². The van der Waals surface area contributed by atoms with Crippen molar-refractivity contribution in [3.63, 3.8) is 0 Å². The third-order valence-corrected chi connectivity index (χ3v) is 2.72. The third kappa shape index (κ3) is 2.10. The van der Waals surface area contributed by atoms with Gasteiger partial charge >= 0.3 is 0 Å². The van der Waals surface area contributed by atoms with Gasteiger partial charge in [0.2, 0.25) is 0 Å². The van der Waals surface area contributed by atoms with Gasteiger partial charge in [-0.3, -0.25) is 0 Å². The summed E-state index contributed by atoms with van der Waals surface area (Å²) in [6, 6.07) is 14.4. The number of benzene rings is 1. The highest BCUT2D eigenvalue weighted by Gasteiger charge is 2.03. The summed E-state index contributed by atoms with van der Waals surface area (Å²) in [6.45, 7) is 0.102. The Morgan fingerprint density at radius 1 is 1.00 bits per heavy atom. The number of aliphatic hydroxyl groups is 1. The number of rotatable bonds is 3. The standard InChI is InChI=1S/C13H15NO/c1-14-12(7-8-13(14)10-15)9-11-5-3-2-4-6-11/h2-8,15H,9-10H2,1H3. The first-order valence-electron chi connectivity index (χ1n) is 5.09. The topological polar surface area (TPSA) is 25.2 Å². The second-order valence-corrected chi connectivity index (χ2v) is 3.70. The predicted molar refractivity (Wildman–Crippen MR) is 60.6 cm³/mol. The Labute approximate surface area is 89.8 Å². The Kier molecular flexibility index (Phi) is 2.88. The van der Waals surface area contributed by atoms with Gasteiger partial charge in [-0.05, 0) is 17.7 Å². The van der Waals surface area contributed by atoms with Crippen molar-refractivity contribution in [2.24, 2.45) is 7.05 Å². The van der Waals surface area contributed by atoms with Gasteiger partial charge in [0.15, 0.2) is 0 Å². The number of aromatic nitrogens is 1. The minimum Gasteiger partial charge on any atom is -0.390 e. The van der Waals surface area contributed by atoms with Crippen LogP contribution in [0.15, 0.2) is 42.5 Å². The monoisotopic (exact) mass is 201 g/mol. The lowest BCUT2D eigenvalue weighted by atomic mass is 10.1. The van der Waals surface area contributed by atoms with Crippen LogP contribution in [-0.4, -0.2) is 9.67 Å². The average Bonchev–Trinajstić information content (AvgIpc) is 2.62. The average molecular weight is 201 g/mol. The van der Waals surface area contributed by atoms with Crippen LogP contribution >= 0.6 is 0 Å². The molecule has 1 heterocycles. The summed E-state index contributed by atoms with van der Waals surface area (Å²) in [5.41, 5.74) is 3.48. The van der Waals surface area contributed by atoms with Gasteiger partial charge in [-0.15, -0.1) is 0 Å². The smallest absolute Gasteiger partial charge is 0.0832 e. The van der Waals surface area contributed by atoms with Crippen LogP contribution in [0.5, 0.6) is 0 Å². The molecule has 2 nitrogen and oxygen atoms in total. The fourth-order valence-electron chi connectivity index (χ4n) is 1.74. The number of nitrogens with zero attached hydrogens (tertiary/aromatic N) is 1. The van der Waals surface area contributed by atoms with E-state index in [0.29, 0.717) is 0 Å². The zero-order chi connectivity index (χ0) is 10.7. The molecule has 0 atom stereocenters. The van der Waals surface area contributed by atoms with Crippen LogP contribution in [0.2, 0.25) is 0 Å². The van der Waals surface area contributed by atoms with E-state index >= 15 is 0 Å². The largest absolute Gasteiger partial charge is 0.390 e. The van der Waals surface area contributed by atoms with Crippen molar-refractivity contribution in [2.45, 2.75) is 13.0 Å². The Morgan fingerprint density at radius 2 is 1.67 bits per heavy atom. The molecule has 2 aromatic rings. The lowest BCUT2D eigenvalue weighted by molar-refractivity contribution is 0.272. The Morgan fingerprint density at radius 3 is 2.27 bits per heavy atom. The number of aliphatic hydroxyl groups excluding tert-OH is 1. The maximum absolute atomic E-state index is 9.08. The van der Waals surface area contributed by atoms with E-state index in [4.69, 9.17) is 5.11 Å². The highest BCUT2D eigenvalue weighted by atomic mass is 16.3. The summed E-state index contributed by atoms with van der Waals surface area (Å²) in [5, 5.41) is 9.08. The summed E-state index contributed by atoms with van der Waals surface area (Å²) < 4.78 is 2.05. The third-order valence-electron chi connectivity index (χ3n) is 2.72. The quantitative estimate of drug-likeness (QED) is 0.808. The molecule has 78 valence electrons. The Bertz CT molecular complexity index is 431. The molecule has 2 heteroatoms. The summed E-state index contributed by atoms with van der Waals surface area (Å²) >= 11 is 0. The molecule has 0 spiro atoms. The van der Waals surface area contributed by atoms with E-state index < -0.39 is 0 Å². The van der Waals surface area contributed by atoms with E-state index in [9.17, 15) is 0 Å². The second-order valence-electron chi connectivity index (χ2n) is 3.70. The molecule has 0 aliphatic carbocycles. The second kappa shape index (κ2) is 4.32. The Balaban J connectivity index is 2.21. The van der Waals surface area contributed by atoms with Gasteiger partial charge in [0.25, 0.3) is 0 Å². The van der Waals surface area contributed by atoms with E-state index in [1.807, 2.05) is 35.9 Å². The van der Waals surface area contributed by atoms with Crippen LogP contribution in [0.25, 0.3) is 0 Å². The molecule has 0 saturated heterocycles.